The van der Waals surface area contributed by atoms with Crippen LogP contribution in [0.25, 0.3) is 43.4 Å². The number of nitrogens with zero attached hydrogens (tertiary/aromatic N) is 7. The molecular weight excluding hydrogens is 1170 g/mol. The van der Waals surface area contributed by atoms with Crippen LogP contribution in [0.15, 0.2) is 64.0 Å². The van der Waals surface area contributed by atoms with Crippen LogP contribution in [-0.2, 0) is 30.5 Å². The fourth-order valence-corrected chi connectivity index (χ4v) is 13.8. The van der Waals surface area contributed by atoms with Gasteiger partial charge < -0.3 is 52.6 Å². The van der Waals surface area contributed by atoms with Gasteiger partial charge in [0.25, 0.3) is 17.7 Å². The molecule has 1 aliphatic heterocycles. The molecule has 30 heteroatoms. The number of carboxylic acids is 1. The first kappa shape index (κ1) is 59.0. The van der Waals surface area contributed by atoms with E-state index >= 15 is 0 Å². The molecule has 8 aromatic rings. The summed E-state index contributed by atoms with van der Waals surface area (Å²) in [4.78, 5) is 128. The van der Waals surface area contributed by atoms with E-state index in [1.165, 1.54) is 48.2 Å². The molecule has 0 fully saturated rings. The van der Waals surface area contributed by atoms with E-state index in [1.54, 1.807) is 70.9 Å². The van der Waals surface area contributed by atoms with E-state index in [1.807, 2.05) is 13.8 Å². The molecule has 0 spiro atoms. The SMILES string of the molecule is CNC(=O)C[C@@H]1NC(=O)c2csc(n2)-c2ccc(-c3nc(NC(=O)CC[C@H](N)C(=O)O)cs3)nc2-c2csc(n2)-c2csc(n2)[C@H]([C@@H](O)c2ccccc2)NC(=O)CNC(=O)c2nc(sc2COC)[C@H](C(C)C)NC(=O)c2nc1sc2C. The summed E-state index contributed by atoms with van der Waals surface area (Å²) >= 11 is 7.06. The molecule has 6 amide bonds. The number of fused-ring (bicyclic) bond motifs is 14. The number of benzene rings is 1. The molecule has 0 aliphatic carbocycles. The van der Waals surface area contributed by atoms with Gasteiger partial charge in [0.05, 0.1) is 42.2 Å². The number of rotatable bonds is 13. The lowest BCUT2D eigenvalue weighted by Crippen LogP contribution is -2.40. The Morgan fingerprint density at radius 1 is 0.720 bits per heavy atom. The van der Waals surface area contributed by atoms with E-state index in [9.17, 15) is 38.7 Å². The Kier molecular flexibility index (Phi) is 18.7. The molecule has 0 saturated heterocycles. The Balaban J connectivity index is 1.11. The summed E-state index contributed by atoms with van der Waals surface area (Å²) in [7, 11) is 2.93. The van der Waals surface area contributed by atoms with Crippen molar-refractivity contribution < 1.29 is 48.5 Å². The van der Waals surface area contributed by atoms with Gasteiger partial charge in [0.2, 0.25) is 17.7 Å². The van der Waals surface area contributed by atoms with Crippen LogP contribution in [0, 0.1) is 12.8 Å². The van der Waals surface area contributed by atoms with Crippen molar-refractivity contribution in [3.8, 4) is 43.4 Å². The lowest BCUT2D eigenvalue weighted by atomic mass is 10.0. The molecular formula is C52H52N14O10S6. The Hall–Kier alpha value is -7.68. The van der Waals surface area contributed by atoms with Gasteiger partial charge >= 0.3 is 5.97 Å². The highest BCUT2D eigenvalue weighted by Gasteiger charge is 2.33. The normalized spacial score (nSPS) is 16.8. The highest BCUT2D eigenvalue weighted by molar-refractivity contribution is 7.15. The first-order chi connectivity index (χ1) is 39.4. The third kappa shape index (κ3) is 13.6. The maximum Gasteiger partial charge on any atom is 0.320 e. The average Bonchev–Trinajstić information content (AvgIpc) is 4.36. The van der Waals surface area contributed by atoms with Gasteiger partial charge in [-0.3, -0.25) is 33.6 Å². The van der Waals surface area contributed by atoms with Crippen molar-refractivity contribution in [3.63, 3.8) is 0 Å². The second kappa shape index (κ2) is 26.1. The predicted molar refractivity (Wildman–Crippen MR) is 310 cm³/mol. The van der Waals surface area contributed by atoms with Crippen molar-refractivity contribution in [2.24, 2.45) is 11.7 Å². The summed E-state index contributed by atoms with van der Waals surface area (Å²) in [5, 5.41) is 46.7. The van der Waals surface area contributed by atoms with Crippen molar-refractivity contribution in [3.05, 3.63) is 111 Å². The van der Waals surface area contributed by atoms with Gasteiger partial charge in [-0.25, -0.2) is 34.9 Å². The quantitative estimate of drug-likeness (QED) is 0.0599. The van der Waals surface area contributed by atoms with Crippen LogP contribution in [0.1, 0.15) is 119 Å². The number of hydrogen-bond acceptors (Lipinski definition) is 23. The van der Waals surface area contributed by atoms with Crippen LogP contribution >= 0.6 is 68.0 Å². The summed E-state index contributed by atoms with van der Waals surface area (Å²) in [5.41, 5.74) is 8.13. The molecule has 1 aromatic carbocycles. The molecule has 24 nitrogen and oxygen atoms in total. The number of aryl methyl sites for hydroxylation is 1. The van der Waals surface area contributed by atoms with E-state index in [2.05, 4.69) is 46.9 Å². The molecule has 426 valence electrons. The number of methoxy groups -OCH3 is 1. The van der Waals surface area contributed by atoms with Gasteiger partial charge in [-0.2, -0.15) is 0 Å². The molecule has 0 saturated carbocycles. The summed E-state index contributed by atoms with van der Waals surface area (Å²) < 4.78 is 5.44. The van der Waals surface area contributed by atoms with Crippen molar-refractivity contribution >= 4 is 115 Å². The predicted octanol–water partition coefficient (Wildman–Crippen LogP) is 6.44. The number of carbonyl (C=O) groups is 7. The number of thiazole rings is 6. The summed E-state index contributed by atoms with van der Waals surface area (Å²) in [6.07, 6.45) is -1.74. The van der Waals surface area contributed by atoms with Gasteiger partial charge in [0.1, 0.15) is 88.2 Å². The standard InChI is InChI=1S/C52H52N14O10S6/c1-22(2)37-51-66-40(32(82-51)17-76-5)44(72)55-16-36(69)63-41(42(70)24-9-7-6-8-10-24)50-60-31(20-79-50)48-58-29(18-78-48)39-25(11-13-27(56-39)47-62-33(21-80-47)61-34(67)14-12-26(53)52(74)75)46-59-30(19-77-46)43(71)57-28(15-35(68)54-4)49-65-38(23(3)81-49)45(73)64-37/h6-11,13,18-22,26,28,37,41-42,70H,12,14-17,53H2,1-5H3,(H,54,68)(H,55,72)(H,57,71)(H,61,67)(H,63,69)(H,64,73)(H,74,75)/t26-,28-,37-,41-,42-/m0/s1. The highest BCUT2D eigenvalue weighted by Crippen LogP contribution is 2.40. The smallest absolute Gasteiger partial charge is 0.320 e. The third-order valence-corrected chi connectivity index (χ3v) is 18.2. The van der Waals surface area contributed by atoms with Gasteiger partial charge in [-0.05, 0) is 37.0 Å². The lowest BCUT2D eigenvalue weighted by molar-refractivity contribution is -0.138. The Labute approximate surface area is 491 Å². The van der Waals surface area contributed by atoms with Crippen LogP contribution < -0.4 is 37.6 Å². The van der Waals surface area contributed by atoms with E-state index in [4.69, 9.17) is 35.5 Å². The van der Waals surface area contributed by atoms with Gasteiger partial charge in [0.15, 0.2) is 0 Å². The largest absolute Gasteiger partial charge is 0.480 e. The number of aliphatic carboxylic acids is 1. The minimum Gasteiger partial charge on any atom is -0.480 e. The monoisotopic (exact) mass is 1220 g/mol. The maximum atomic E-state index is 14.3. The molecule has 1 aliphatic rings. The number of aliphatic hydroxyl groups excluding tert-OH is 1. The molecule has 82 heavy (non-hydrogen) atoms. The average molecular weight is 1230 g/mol. The van der Waals surface area contributed by atoms with Gasteiger partial charge in [-0.15, -0.1) is 68.0 Å². The van der Waals surface area contributed by atoms with Crippen molar-refractivity contribution in [1.82, 2.24) is 61.5 Å². The number of aliphatic hydroxyl groups is 1. The van der Waals surface area contributed by atoms with Crippen LogP contribution in [0.4, 0.5) is 5.82 Å². The minimum absolute atomic E-state index is 0.00393. The fourth-order valence-electron chi connectivity index (χ4n) is 8.26. The molecule has 0 radical (unpaired) electrons. The Morgan fingerprint density at radius 3 is 2.17 bits per heavy atom. The second-order valence-electron chi connectivity index (χ2n) is 18.7. The molecule has 7 aromatic heterocycles. The van der Waals surface area contributed by atoms with Crippen LogP contribution in [-0.4, -0.2) is 113 Å². The summed E-state index contributed by atoms with van der Waals surface area (Å²) in [5.74, 6) is -4.67. The van der Waals surface area contributed by atoms with E-state index in [0.717, 1.165) is 34.0 Å². The number of carboxylic acid groups (broad SMARTS) is 1. The van der Waals surface area contributed by atoms with Crippen molar-refractivity contribution in [2.75, 3.05) is 26.0 Å². The molecule has 0 unspecified atom stereocenters. The van der Waals surface area contributed by atoms with Crippen molar-refractivity contribution in [1.29, 1.82) is 0 Å². The number of pyridine rings is 1. The van der Waals surface area contributed by atoms with Crippen LogP contribution in [0.5, 0.6) is 0 Å². The maximum absolute atomic E-state index is 14.3. The topological polar surface area (TPSA) is 358 Å². The second-order valence-corrected chi connectivity index (χ2v) is 24.5. The first-order valence-electron chi connectivity index (χ1n) is 25.1. The number of carbonyl (C=O) groups excluding carboxylic acids is 6. The first-order valence-corrected chi connectivity index (χ1v) is 30.2. The van der Waals surface area contributed by atoms with Crippen LogP contribution in [0.3, 0.4) is 0 Å². The molecule has 5 atom stereocenters. The highest BCUT2D eigenvalue weighted by atomic mass is 32.1. The summed E-state index contributed by atoms with van der Waals surface area (Å²) in [6.45, 7) is 4.92. The van der Waals surface area contributed by atoms with Gasteiger partial charge in [0, 0.05) is 52.5 Å². The minimum atomic E-state index is -1.29. The zero-order valence-electron chi connectivity index (χ0n) is 44.2. The summed E-state index contributed by atoms with van der Waals surface area (Å²) in [6, 6.07) is 8.15. The molecule has 10 N–H and O–H groups in total. The zero-order chi connectivity index (χ0) is 58.4. The number of nitrogens with two attached hydrogens (primary N) is 1. The number of anilines is 1. The molecule has 10 bridgehead atoms. The van der Waals surface area contributed by atoms with E-state index < -0.39 is 78.2 Å². The van der Waals surface area contributed by atoms with Crippen LogP contribution in [0.2, 0.25) is 0 Å². The van der Waals surface area contributed by atoms with E-state index in [-0.39, 0.29) is 59.7 Å². The number of amides is 6. The third-order valence-electron chi connectivity index (χ3n) is 12.5. The van der Waals surface area contributed by atoms with Gasteiger partial charge in [-0.1, -0.05) is 44.2 Å². The van der Waals surface area contributed by atoms with Crippen molar-refractivity contribution in [2.45, 2.75) is 76.9 Å². The zero-order valence-corrected chi connectivity index (χ0v) is 49.1. The number of nitrogens with one attached hydrogen (secondary N) is 6. The number of aromatic nitrogens is 7. The fraction of sp³-hybridized carbons (Fsp3) is 0.308. The van der Waals surface area contributed by atoms with E-state index in [0.29, 0.717) is 68.7 Å². The Bertz CT molecular complexity index is 3680. The number of hydrogen-bond donors (Lipinski definition) is 9. The number of ether oxygens (including phenoxy) is 1. The Morgan fingerprint density at radius 2 is 1.43 bits per heavy atom. The molecule has 8 heterocycles. The lowest BCUT2D eigenvalue weighted by Gasteiger charge is -2.23. The molecule has 9 rings (SSSR count).